The standard InChI is InChI=1S/C51H98N2O5/c1-3-5-7-9-11-13-15-17-19-21-23-25-27-29-31-33-44-57-46-36-42-52-49(54)39-35-38-48-40-41-50(55)53(51(48)56)43-37-47-58-45-34-32-30-28-26-24-22-20-18-16-14-12-10-8-6-4-2/h48H,3-47H2,1-2H3,(H,52,54). The lowest BCUT2D eigenvalue weighted by atomic mass is 9.91. The molecule has 0 bridgehead atoms. The highest BCUT2D eigenvalue weighted by molar-refractivity contribution is 5.98. The molecule has 7 heteroatoms. The van der Waals surface area contributed by atoms with Crippen LogP contribution in [0.1, 0.15) is 264 Å². The van der Waals surface area contributed by atoms with Crippen molar-refractivity contribution >= 4 is 17.7 Å². The van der Waals surface area contributed by atoms with E-state index in [1.165, 1.54) is 198 Å². The fourth-order valence-corrected chi connectivity index (χ4v) is 8.43. The number of likely N-dealkylation sites (tertiary alicyclic amines) is 1. The number of ether oxygens (including phenoxy) is 2. The van der Waals surface area contributed by atoms with E-state index in [1.807, 2.05) is 0 Å². The number of hydrogen-bond acceptors (Lipinski definition) is 5. The van der Waals surface area contributed by atoms with Crippen LogP contribution in [0.5, 0.6) is 0 Å². The topological polar surface area (TPSA) is 84.9 Å². The Bertz CT molecular complexity index is 913. The van der Waals surface area contributed by atoms with E-state index >= 15 is 0 Å². The SMILES string of the molecule is CCCCCCCCCCCCCCCCCCOCCCNC(=O)CCCC1CCC(=O)N(CCCOCCCCCCCCCCCCCCCCCC)C1=O. The van der Waals surface area contributed by atoms with Crippen molar-refractivity contribution in [2.45, 2.75) is 264 Å². The lowest BCUT2D eigenvalue weighted by molar-refractivity contribution is -0.152. The van der Waals surface area contributed by atoms with Crippen LogP contribution < -0.4 is 5.32 Å². The average Bonchev–Trinajstić information content (AvgIpc) is 3.22. The van der Waals surface area contributed by atoms with Gasteiger partial charge in [0.1, 0.15) is 0 Å². The van der Waals surface area contributed by atoms with Gasteiger partial charge >= 0.3 is 0 Å². The summed E-state index contributed by atoms with van der Waals surface area (Å²) < 4.78 is 11.6. The van der Waals surface area contributed by atoms with Crippen molar-refractivity contribution in [1.82, 2.24) is 10.2 Å². The van der Waals surface area contributed by atoms with Crippen LogP contribution in [0.15, 0.2) is 0 Å². The zero-order chi connectivity index (χ0) is 41.8. The zero-order valence-electron chi connectivity index (χ0n) is 38.9. The highest BCUT2D eigenvalue weighted by atomic mass is 16.5. The Balaban J connectivity index is 1.88. The fourth-order valence-electron chi connectivity index (χ4n) is 8.43. The minimum absolute atomic E-state index is 0.0375. The van der Waals surface area contributed by atoms with Gasteiger partial charge in [0.25, 0.3) is 0 Å². The summed E-state index contributed by atoms with van der Waals surface area (Å²) in [6.45, 7) is 8.49. The van der Waals surface area contributed by atoms with Crippen LogP contribution in [-0.2, 0) is 23.9 Å². The molecule has 58 heavy (non-hydrogen) atoms. The van der Waals surface area contributed by atoms with Gasteiger partial charge in [-0.3, -0.25) is 19.3 Å². The molecule has 1 aliphatic rings. The molecular weight excluding hydrogens is 721 g/mol. The molecule has 1 aliphatic heterocycles. The maximum atomic E-state index is 13.1. The molecule has 1 saturated heterocycles. The minimum Gasteiger partial charge on any atom is -0.381 e. The van der Waals surface area contributed by atoms with Gasteiger partial charge < -0.3 is 14.8 Å². The molecule has 0 radical (unpaired) electrons. The molecular formula is C51H98N2O5. The molecule has 342 valence electrons. The number of carbonyl (C=O) groups excluding carboxylic acids is 3. The second kappa shape index (κ2) is 43.6. The molecule has 1 rings (SSSR count). The molecule has 3 amide bonds. The highest BCUT2D eigenvalue weighted by Gasteiger charge is 2.33. The number of nitrogens with one attached hydrogen (secondary N) is 1. The molecule has 1 N–H and O–H groups in total. The maximum absolute atomic E-state index is 13.1. The van der Waals surface area contributed by atoms with E-state index in [4.69, 9.17) is 9.47 Å². The summed E-state index contributed by atoms with van der Waals surface area (Å²) in [5.74, 6) is -0.241. The van der Waals surface area contributed by atoms with Crippen LogP contribution in [0, 0.1) is 5.92 Å². The van der Waals surface area contributed by atoms with Gasteiger partial charge in [-0.1, -0.05) is 206 Å². The number of nitrogens with zero attached hydrogens (tertiary/aromatic N) is 1. The predicted molar refractivity (Wildman–Crippen MR) is 246 cm³/mol. The normalized spacial score (nSPS) is 14.5. The van der Waals surface area contributed by atoms with Gasteiger partial charge in [0.15, 0.2) is 0 Å². The van der Waals surface area contributed by atoms with E-state index in [-0.39, 0.29) is 23.6 Å². The molecule has 1 unspecified atom stereocenters. The summed E-state index contributed by atoms with van der Waals surface area (Å²) in [6, 6.07) is 0. The fraction of sp³-hybridized carbons (Fsp3) is 0.941. The van der Waals surface area contributed by atoms with Gasteiger partial charge in [-0.2, -0.15) is 0 Å². The van der Waals surface area contributed by atoms with Crippen molar-refractivity contribution in [3.05, 3.63) is 0 Å². The third-order valence-electron chi connectivity index (χ3n) is 12.3. The monoisotopic (exact) mass is 819 g/mol. The van der Waals surface area contributed by atoms with Crippen LogP contribution in [0.3, 0.4) is 0 Å². The van der Waals surface area contributed by atoms with Gasteiger partial charge in [0.2, 0.25) is 17.7 Å². The van der Waals surface area contributed by atoms with Crippen molar-refractivity contribution in [1.29, 1.82) is 0 Å². The van der Waals surface area contributed by atoms with Gasteiger partial charge in [-0.15, -0.1) is 0 Å². The number of carbonyl (C=O) groups is 3. The van der Waals surface area contributed by atoms with E-state index < -0.39 is 0 Å². The van der Waals surface area contributed by atoms with Gasteiger partial charge in [0.05, 0.1) is 0 Å². The Morgan fingerprint density at radius 2 is 0.862 bits per heavy atom. The summed E-state index contributed by atoms with van der Waals surface area (Å²) in [5, 5.41) is 3.00. The Kier molecular flexibility index (Phi) is 41.0. The highest BCUT2D eigenvalue weighted by Crippen LogP contribution is 2.24. The minimum atomic E-state index is -0.158. The first-order valence-electron chi connectivity index (χ1n) is 25.9. The largest absolute Gasteiger partial charge is 0.381 e. The van der Waals surface area contributed by atoms with Gasteiger partial charge in [-0.05, 0) is 44.9 Å². The molecule has 0 aromatic heterocycles. The third kappa shape index (κ3) is 35.3. The van der Waals surface area contributed by atoms with E-state index in [0.29, 0.717) is 64.8 Å². The summed E-state index contributed by atoms with van der Waals surface area (Å²) >= 11 is 0. The first kappa shape index (κ1) is 54.5. The van der Waals surface area contributed by atoms with Crippen LogP contribution in [0.25, 0.3) is 0 Å². The molecule has 0 spiro atoms. The number of amides is 3. The van der Waals surface area contributed by atoms with Crippen molar-refractivity contribution in [3.63, 3.8) is 0 Å². The predicted octanol–water partition coefficient (Wildman–Crippen LogP) is 14.4. The van der Waals surface area contributed by atoms with Crippen molar-refractivity contribution in [3.8, 4) is 0 Å². The Morgan fingerprint density at radius 3 is 1.28 bits per heavy atom. The summed E-state index contributed by atoms with van der Waals surface area (Å²) in [7, 11) is 0. The van der Waals surface area contributed by atoms with E-state index in [0.717, 1.165) is 32.5 Å². The second-order valence-electron chi connectivity index (χ2n) is 17.9. The number of piperidine rings is 1. The van der Waals surface area contributed by atoms with Gasteiger partial charge in [-0.25, -0.2) is 0 Å². The van der Waals surface area contributed by atoms with Crippen LogP contribution >= 0.6 is 0 Å². The third-order valence-corrected chi connectivity index (χ3v) is 12.3. The van der Waals surface area contributed by atoms with E-state index in [1.54, 1.807) is 0 Å². The average molecular weight is 819 g/mol. The summed E-state index contributed by atoms with van der Waals surface area (Å²) in [4.78, 5) is 39.4. The number of hydrogen-bond donors (Lipinski definition) is 1. The Labute approximate surface area is 360 Å². The van der Waals surface area contributed by atoms with Crippen molar-refractivity contribution < 1.29 is 23.9 Å². The quantitative estimate of drug-likeness (QED) is 0.0488. The van der Waals surface area contributed by atoms with Crippen LogP contribution in [-0.4, -0.2) is 62.1 Å². The first-order valence-corrected chi connectivity index (χ1v) is 25.9. The first-order chi connectivity index (χ1) is 28.6. The number of imide groups is 1. The van der Waals surface area contributed by atoms with Gasteiger partial charge in [0, 0.05) is 58.3 Å². The molecule has 0 saturated carbocycles. The smallest absolute Gasteiger partial charge is 0.232 e. The lowest BCUT2D eigenvalue weighted by Crippen LogP contribution is -2.45. The second-order valence-corrected chi connectivity index (χ2v) is 17.9. The molecule has 1 fully saturated rings. The van der Waals surface area contributed by atoms with Crippen molar-refractivity contribution in [2.24, 2.45) is 5.92 Å². The molecule has 0 aromatic carbocycles. The van der Waals surface area contributed by atoms with Crippen LogP contribution in [0.4, 0.5) is 0 Å². The lowest BCUT2D eigenvalue weighted by Gasteiger charge is -2.30. The molecule has 0 aliphatic carbocycles. The summed E-state index contributed by atoms with van der Waals surface area (Å²) in [5.41, 5.74) is 0. The summed E-state index contributed by atoms with van der Waals surface area (Å²) in [6.07, 6.45) is 48.1. The Hall–Kier alpha value is -1.47. The number of rotatable bonds is 46. The Morgan fingerprint density at radius 1 is 0.500 bits per heavy atom. The molecule has 1 heterocycles. The zero-order valence-corrected chi connectivity index (χ0v) is 38.9. The maximum Gasteiger partial charge on any atom is 0.232 e. The van der Waals surface area contributed by atoms with E-state index in [2.05, 4.69) is 19.2 Å². The van der Waals surface area contributed by atoms with Crippen molar-refractivity contribution in [2.75, 3.05) is 39.5 Å². The van der Waals surface area contributed by atoms with Crippen LogP contribution in [0.2, 0.25) is 0 Å². The molecule has 1 atom stereocenters. The number of unbranched alkanes of at least 4 members (excludes halogenated alkanes) is 30. The van der Waals surface area contributed by atoms with E-state index in [9.17, 15) is 14.4 Å². The molecule has 0 aromatic rings. The molecule has 7 nitrogen and oxygen atoms in total.